The van der Waals surface area contributed by atoms with Crippen LogP contribution in [0.1, 0.15) is 30.9 Å². The molecule has 0 aliphatic carbocycles. The largest absolute Gasteiger partial charge is 0.309 e. The van der Waals surface area contributed by atoms with Crippen molar-refractivity contribution in [3.05, 3.63) is 75.5 Å². The fourth-order valence-corrected chi connectivity index (χ4v) is 3.72. The minimum Gasteiger partial charge on any atom is -0.309 e. The highest BCUT2D eigenvalue weighted by molar-refractivity contribution is 8.02. The van der Waals surface area contributed by atoms with Crippen LogP contribution in [0.4, 0.5) is 0 Å². The predicted molar refractivity (Wildman–Crippen MR) is 124 cm³/mol. The molecule has 7 nitrogen and oxygen atoms in total. The van der Waals surface area contributed by atoms with Gasteiger partial charge in [-0.3, -0.25) is 14.0 Å². The van der Waals surface area contributed by atoms with Crippen molar-refractivity contribution >= 4 is 34.3 Å². The lowest BCUT2D eigenvalue weighted by Crippen LogP contribution is -2.30. The molecule has 0 fully saturated rings. The summed E-state index contributed by atoms with van der Waals surface area (Å²) in [6, 6.07) is 7.25. The van der Waals surface area contributed by atoms with Gasteiger partial charge < -0.3 is 4.57 Å². The third-order valence-electron chi connectivity index (χ3n) is 4.71. The van der Waals surface area contributed by atoms with Crippen molar-refractivity contribution < 1.29 is 4.79 Å². The first-order valence-electron chi connectivity index (χ1n) is 9.94. The van der Waals surface area contributed by atoms with Crippen LogP contribution >= 0.6 is 11.8 Å². The molecular weight excluding hydrogens is 410 g/mol. The Morgan fingerprint density at radius 3 is 2.94 bits per heavy atom. The summed E-state index contributed by atoms with van der Waals surface area (Å²) < 4.78 is 3.21. The lowest BCUT2D eigenvalue weighted by atomic mass is 10.2. The number of rotatable bonds is 7. The molecule has 0 radical (unpaired) electrons. The van der Waals surface area contributed by atoms with E-state index in [-0.39, 0.29) is 28.3 Å². The van der Waals surface area contributed by atoms with Crippen molar-refractivity contribution in [2.75, 3.05) is 5.75 Å². The lowest BCUT2D eigenvalue weighted by molar-refractivity contribution is -0.115. The number of fused-ring (bicyclic) bond motifs is 2. The van der Waals surface area contributed by atoms with Crippen molar-refractivity contribution in [2.45, 2.75) is 33.2 Å². The molecule has 3 rings (SSSR count). The molecule has 0 N–H and O–H groups in total. The van der Waals surface area contributed by atoms with Crippen molar-refractivity contribution in [3.63, 3.8) is 0 Å². The van der Waals surface area contributed by atoms with Crippen LogP contribution < -0.4 is 11.0 Å². The van der Waals surface area contributed by atoms with E-state index in [9.17, 15) is 14.9 Å². The monoisotopic (exact) mass is 433 g/mol. The summed E-state index contributed by atoms with van der Waals surface area (Å²) in [6.07, 6.45) is 6.71. The Bertz CT molecular complexity index is 1360. The number of thioether (sulfide) groups is 1. The van der Waals surface area contributed by atoms with Gasteiger partial charge in [0.15, 0.2) is 5.49 Å². The summed E-state index contributed by atoms with van der Waals surface area (Å²) in [7, 11) is 0. The Balaban J connectivity index is 2.32. The van der Waals surface area contributed by atoms with Crippen LogP contribution in [0, 0.1) is 18.3 Å². The quantitative estimate of drug-likeness (QED) is 0.420. The van der Waals surface area contributed by atoms with Crippen LogP contribution in [0.15, 0.2) is 58.3 Å². The number of carbonyl (C=O) groups excluding carboxylic acids is 1. The number of nitriles is 1. The number of pyridine rings is 2. The van der Waals surface area contributed by atoms with Gasteiger partial charge in [-0.1, -0.05) is 38.1 Å². The summed E-state index contributed by atoms with van der Waals surface area (Å²) in [6.45, 7) is 8.01. The summed E-state index contributed by atoms with van der Waals surface area (Å²) in [5, 5.41) is 11.8. The zero-order valence-electron chi connectivity index (χ0n) is 17.5. The topological polar surface area (TPSA) is 92.5 Å². The van der Waals surface area contributed by atoms with Gasteiger partial charge in [-0.05, 0) is 36.4 Å². The van der Waals surface area contributed by atoms with E-state index in [0.29, 0.717) is 23.2 Å². The highest BCUT2D eigenvalue weighted by Gasteiger charge is 2.15. The average Bonchev–Trinajstić information content (AvgIpc) is 2.76. The zero-order valence-corrected chi connectivity index (χ0v) is 18.4. The van der Waals surface area contributed by atoms with Crippen LogP contribution in [0.2, 0.25) is 0 Å². The Hall–Kier alpha value is -3.44. The number of hydrogen-bond acceptors (Lipinski definition) is 5. The fraction of sp³-hybridized carbons (Fsp3) is 0.261. The highest BCUT2D eigenvalue weighted by Crippen LogP contribution is 2.13. The first-order valence-corrected chi connectivity index (χ1v) is 11.0. The van der Waals surface area contributed by atoms with E-state index in [0.717, 1.165) is 18.4 Å². The molecule has 0 bridgehead atoms. The second-order valence-corrected chi connectivity index (χ2v) is 7.81. The number of nitrogens with zero attached hydrogens (tertiary/aromatic N) is 5. The van der Waals surface area contributed by atoms with E-state index in [2.05, 4.69) is 17.6 Å². The number of amides is 1. The molecule has 0 saturated heterocycles. The summed E-state index contributed by atoms with van der Waals surface area (Å²) in [5.41, 5.74) is 1.98. The number of aryl methyl sites for hydroxylation is 2. The van der Waals surface area contributed by atoms with Crippen LogP contribution in [0.3, 0.4) is 0 Å². The molecule has 31 heavy (non-hydrogen) atoms. The molecule has 8 heteroatoms. The molecule has 3 heterocycles. The first kappa shape index (κ1) is 22.2. The van der Waals surface area contributed by atoms with E-state index in [1.54, 1.807) is 34.4 Å². The van der Waals surface area contributed by atoms with Crippen molar-refractivity contribution in [3.8, 4) is 6.07 Å². The summed E-state index contributed by atoms with van der Waals surface area (Å²) in [4.78, 5) is 34.6. The number of unbranched alkanes of at least 4 members (excludes halogenated alkanes) is 1. The van der Waals surface area contributed by atoms with Gasteiger partial charge in [0.2, 0.25) is 0 Å². The zero-order chi connectivity index (χ0) is 22.4. The van der Waals surface area contributed by atoms with E-state index < -0.39 is 0 Å². The molecule has 0 aromatic carbocycles. The Kier molecular flexibility index (Phi) is 7.21. The van der Waals surface area contributed by atoms with Crippen molar-refractivity contribution in [2.24, 2.45) is 4.99 Å². The average molecular weight is 434 g/mol. The van der Waals surface area contributed by atoms with Gasteiger partial charge in [0.05, 0.1) is 16.7 Å². The molecule has 0 spiro atoms. The van der Waals surface area contributed by atoms with Gasteiger partial charge in [-0.2, -0.15) is 10.3 Å². The van der Waals surface area contributed by atoms with E-state index in [1.165, 1.54) is 22.2 Å². The highest BCUT2D eigenvalue weighted by atomic mass is 32.2. The van der Waals surface area contributed by atoms with Crippen molar-refractivity contribution in [1.29, 1.82) is 5.26 Å². The first-order chi connectivity index (χ1) is 15.0. The van der Waals surface area contributed by atoms with Gasteiger partial charge in [0.1, 0.15) is 17.4 Å². The Morgan fingerprint density at radius 2 is 2.23 bits per heavy atom. The summed E-state index contributed by atoms with van der Waals surface area (Å²) in [5.74, 6) is -0.234. The minimum absolute atomic E-state index is 0.133. The van der Waals surface area contributed by atoms with E-state index in [1.807, 2.05) is 19.9 Å². The molecule has 0 saturated carbocycles. The Morgan fingerprint density at radius 1 is 1.42 bits per heavy atom. The second-order valence-electron chi connectivity index (χ2n) is 6.92. The normalized spacial score (nSPS) is 12.0. The van der Waals surface area contributed by atoms with Crippen LogP contribution in [-0.4, -0.2) is 25.6 Å². The lowest BCUT2D eigenvalue weighted by Gasteiger charge is -2.13. The van der Waals surface area contributed by atoms with Crippen LogP contribution in [0.5, 0.6) is 0 Å². The molecule has 0 atom stereocenters. The minimum atomic E-state index is -0.367. The van der Waals surface area contributed by atoms with Gasteiger partial charge in [0, 0.05) is 12.7 Å². The third kappa shape index (κ3) is 4.67. The van der Waals surface area contributed by atoms with Crippen LogP contribution in [0.25, 0.3) is 16.7 Å². The SMILES string of the molecule is C=C/C=C/SCC(=O)N=c1c(C#N)cc2c(=O)n3cccc(C)c3nc2n1CCCC. The molecule has 0 unspecified atom stereocenters. The van der Waals surface area contributed by atoms with Gasteiger partial charge in [-0.15, -0.1) is 11.8 Å². The van der Waals surface area contributed by atoms with Gasteiger partial charge >= 0.3 is 0 Å². The molecule has 0 aliphatic rings. The molecule has 0 aliphatic heterocycles. The smallest absolute Gasteiger partial charge is 0.267 e. The fourth-order valence-electron chi connectivity index (χ4n) is 3.20. The van der Waals surface area contributed by atoms with E-state index >= 15 is 0 Å². The molecule has 3 aromatic heterocycles. The maximum absolute atomic E-state index is 13.2. The van der Waals surface area contributed by atoms with Crippen LogP contribution in [-0.2, 0) is 11.3 Å². The Labute approximate surface area is 184 Å². The molecular formula is C23H23N5O2S. The second kappa shape index (κ2) is 10.0. The van der Waals surface area contributed by atoms with Gasteiger partial charge in [0.25, 0.3) is 11.5 Å². The third-order valence-corrected chi connectivity index (χ3v) is 5.47. The standard InChI is InChI=1S/C23H23N5O2S/c1-4-6-10-27-21(25-19(29)15-31-12-7-5-2)17(14-24)13-18-22(27)26-20-16(3)9-8-11-28(20)23(18)30/h5,7-9,11-13H,2,4,6,10,15H2,1,3H3/b12-7+,25-21?. The number of hydrogen-bond donors (Lipinski definition) is 0. The van der Waals surface area contributed by atoms with Gasteiger partial charge in [-0.25, -0.2) is 4.98 Å². The maximum Gasteiger partial charge on any atom is 0.267 e. The molecule has 1 amide bonds. The van der Waals surface area contributed by atoms with Crippen molar-refractivity contribution in [1.82, 2.24) is 14.0 Å². The molecule has 158 valence electrons. The molecule has 3 aromatic rings. The summed E-state index contributed by atoms with van der Waals surface area (Å²) >= 11 is 1.30. The number of carbonyl (C=O) groups is 1. The van der Waals surface area contributed by atoms with E-state index in [4.69, 9.17) is 4.98 Å². The predicted octanol–water partition coefficient (Wildman–Crippen LogP) is 3.49. The number of aromatic nitrogens is 3. The number of allylic oxidation sites excluding steroid dienone is 2. The maximum atomic E-state index is 13.2.